The Morgan fingerprint density at radius 1 is 1.65 bits per heavy atom. The Hall–Kier alpha value is -1.52. The van der Waals surface area contributed by atoms with Gasteiger partial charge in [-0.3, -0.25) is 9.89 Å². The minimum atomic E-state index is -0.0856. The highest BCUT2D eigenvalue weighted by Gasteiger charge is 2.34. The maximum absolute atomic E-state index is 12.1. The van der Waals surface area contributed by atoms with E-state index in [1.807, 2.05) is 14.0 Å². The first-order chi connectivity index (χ1) is 8.04. The number of aryl methyl sites for hydroxylation is 1. The van der Waals surface area contributed by atoms with Gasteiger partial charge in [0.1, 0.15) is 0 Å². The van der Waals surface area contributed by atoms with Crippen LogP contribution in [0.25, 0.3) is 0 Å². The van der Waals surface area contributed by atoms with E-state index in [4.69, 9.17) is 5.73 Å². The van der Waals surface area contributed by atoms with Gasteiger partial charge in [-0.25, -0.2) is 0 Å². The number of nitrogens with zero attached hydrogens (tertiary/aromatic N) is 2. The number of nitrogens with one attached hydrogen (secondary N) is 1. The van der Waals surface area contributed by atoms with Gasteiger partial charge in [0, 0.05) is 13.6 Å². The van der Waals surface area contributed by atoms with E-state index >= 15 is 0 Å². The third-order valence-electron chi connectivity index (χ3n) is 3.57. The second kappa shape index (κ2) is 4.39. The molecule has 1 aromatic rings. The molecule has 3 N–H and O–H groups in total. The van der Waals surface area contributed by atoms with E-state index in [1.54, 1.807) is 4.90 Å². The Morgan fingerprint density at radius 2 is 2.29 bits per heavy atom. The summed E-state index contributed by atoms with van der Waals surface area (Å²) >= 11 is 0. The summed E-state index contributed by atoms with van der Waals surface area (Å²) < 4.78 is 0. The van der Waals surface area contributed by atoms with Crippen LogP contribution in [0.1, 0.15) is 36.5 Å². The fourth-order valence-electron chi connectivity index (χ4n) is 2.09. The van der Waals surface area contributed by atoms with Crippen molar-refractivity contribution in [1.29, 1.82) is 0 Å². The highest BCUT2D eigenvalue weighted by Crippen LogP contribution is 2.38. The summed E-state index contributed by atoms with van der Waals surface area (Å²) in [6.07, 6.45) is 1.98. The normalized spacial score (nSPS) is 22.5. The van der Waals surface area contributed by atoms with Gasteiger partial charge in [0.25, 0.3) is 5.91 Å². The van der Waals surface area contributed by atoms with Crippen molar-refractivity contribution >= 4 is 11.6 Å². The molecule has 5 nitrogen and oxygen atoms in total. The van der Waals surface area contributed by atoms with Gasteiger partial charge >= 0.3 is 0 Å². The van der Waals surface area contributed by atoms with Crippen LogP contribution in [-0.2, 0) is 6.42 Å². The largest absolute Gasteiger partial charge is 0.395 e. The number of H-pyrrole nitrogens is 1. The molecule has 0 bridgehead atoms. The predicted molar refractivity (Wildman–Crippen MR) is 66.6 cm³/mol. The molecule has 0 aliphatic heterocycles. The number of nitrogens with two attached hydrogens (primary N) is 1. The molecule has 1 aromatic heterocycles. The molecule has 1 amide bonds. The minimum absolute atomic E-state index is 0.0856. The van der Waals surface area contributed by atoms with E-state index in [-0.39, 0.29) is 5.91 Å². The molecule has 0 aromatic carbocycles. The number of amides is 1. The summed E-state index contributed by atoms with van der Waals surface area (Å²) in [5.41, 5.74) is 7.57. The van der Waals surface area contributed by atoms with Crippen molar-refractivity contribution in [2.75, 3.05) is 19.3 Å². The maximum Gasteiger partial charge on any atom is 0.276 e. The van der Waals surface area contributed by atoms with Crippen LogP contribution in [0.2, 0.25) is 0 Å². The fraction of sp³-hybridized carbons (Fsp3) is 0.667. The van der Waals surface area contributed by atoms with Crippen molar-refractivity contribution in [3.05, 3.63) is 11.4 Å². The van der Waals surface area contributed by atoms with Gasteiger partial charge in [0.15, 0.2) is 5.69 Å². The van der Waals surface area contributed by atoms with Crippen molar-refractivity contribution in [1.82, 2.24) is 15.1 Å². The lowest BCUT2D eigenvalue weighted by atomic mass is 10.2. The van der Waals surface area contributed by atoms with E-state index in [1.165, 1.54) is 6.42 Å². The van der Waals surface area contributed by atoms with E-state index in [2.05, 4.69) is 17.1 Å². The average molecular weight is 236 g/mol. The highest BCUT2D eigenvalue weighted by molar-refractivity contribution is 5.97. The number of aromatic nitrogens is 2. The van der Waals surface area contributed by atoms with Crippen LogP contribution in [0.15, 0.2) is 0 Å². The van der Waals surface area contributed by atoms with Crippen LogP contribution in [0.5, 0.6) is 0 Å². The van der Waals surface area contributed by atoms with Gasteiger partial charge in [-0.15, -0.1) is 0 Å². The third-order valence-corrected chi connectivity index (χ3v) is 3.57. The average Bonchev–Trinajstić information content (AvgIpc) is 2.86. The highest BCUT2D eigenvalue weighted by atomic mass is 16.2. The Labute approximate surface area is 101 Å². The van der Waals surface area contributed by atoms with Gasteiger partial charge in [-0.05, 0) is 24.7 Å². The van der Waals surface area contributed by atoms with Crippen LogP contribution in [-0.4, -0.2) is 34.6 Å². The lowest BCUT2D eigenvalue weighted by Gasteiger charge is -2.15. The van der Waals surface area contributed by atoms with E-state index < -0.39 is 0 Å². The molecular weight excluding hydrogens is 216 g/mol. The van der Waals surface area contributed by atoms with E-state index in [0.717, 1.165) is 24.6 Å². The summed E-state index contributed by atoms with van der Waals surface area (Å²) in [6.45, 7) is 4.99. The Balaban J connectivity index is 2.05. The second-order valence-electron chi connectivity index (χ2n) is 4.98. The zero-order valence-electron chi connectivity index (χ0n) is 10.7. The molecule has 17 heavy (non-hydrogen) atoms. The standard InChI is InChI=1S/C12H20N4O/c1-4-9-10(13)11(15-14-9)12(17)16(3)6-8-5-7(8)2/h7-8H,4-6,13H2,1-3H3,(H,14,15). The van der Waals surface area contributed by atoms with Gasteiger partial charge in [0.2, 0.25) is 0 Å². The summed E-state index contributed by atoms with van der Waals surface area (Å²) in [5, 5.41) is 6.83. The van der Waals surface area contributed by atoms with Gasteiger partial charge in [-0.1, -0.05) is 13.8 Å². The lowest BCUT2D eigenvalue weighted by molar-refractivity contribution is 0.0782. The zero-order valence-corrected chi connectivity index (χ0v) is 10.7. The second-order valence-corrected chi connectivity index (χ2v) is 4.98. The molecule has 1 heterocycles. The number of anilines is 1. The molecule has 1 aliphatic rings. The zero-order chi connectivity index (χ0) is 12.6. The van der Waals surface area contributed by atoms with Gasteiger partial charge < -0.3 is 10.6 Å². The summed E-state index contributed by atoms with van der Waals surface area (Å²) in [6, 6.07) is 0. The number of rotatable bonds is 4. The molecule has 94 valence electrons. The molecule has 1 fully saturated rings. The van der Waals surface area contributed by atoms with Crippen LogP contribution in [0, 0.1) is 11.8 Å². The molecule has 5 heteroatoms. The van der Waals surface area contributed by atoms with Crippen molar-refractivity contribution in [3.8, 4) is 0 Å². The Bertz CT molecular complexity index is 426. The molecule has 1 aliphatic carbocycles. The van der Waals surface area contributed by atoms with Crippen LogP contribution < -0.4 is 5.73 Å². The number of carbonyl (C=O) groups excluding carboxylic acids is 1. The lowest BCUT2D eigenvalue weighted by Crippen LogP contribution is -2.30. The number of carbonyl (C=O) groups is 1. The van der Waals surface area contributed by atoms with Crippen LogP contribution in [0.4, 0.5) is 5.69 Å². The van der Waals surface area contributed by atoms with Crippen molar-refractivity contribution in [2.24, 2.45) is 11.8 Å². The molecule has 2 rings (SSSR count). The number of hydrogen-bond donors (Lipinski definition) is 2. The van der Waals surface area contributed by atoms with Crippen molar-refractivity contribution in [3.63, 3.8) is 0 Å². The summed E-state index contributed by atoms with van der Waals surface area (Å²) in [4.78, 5) is 13.9. The molecule has 0 saturated heterocycles. The van der Waals surface area contributed by atoms with E-state index in [0.29, 0.717) is 17.3 Å². The number of aromatic amines is 1. The van der Waals surface area contributed by atoms with Gasteiger partial charge in [0.05, 0.1) is 11.4 Å². The molecule has 2 unspecified atom stereocenters. The molecular formula is C12H20N4O. The fourth-order valence-corrected chi connectivity index (χ4v) is 2.09. The topological polar surface area (TPSA) is 75.0 Å². The quantitative estimate of drug-likeness (QED) is 0.827. The monoisotopic (exact) mass is 236 g/mol. The first-order valence-electron chi connectivity index (χ1n) is 6.12. The Morgan fingerprint density at radius 3 is 2.76 bits per heavy atom. The SMILES string of the molecule is CCc1[nH]nc(C(=O)N(C)CC2CC2C)c1N. The molecule has 0 spiro atoms. The summed E-state index contributed by atoms with van der Waals surface area (Å²) in [5.74, 6) is 1.31. The van der Waals surface area contributed by atoms with Gasteiger partial charge in [-0.2, -0.15) is 5.10 Å². The Kier molecular flexibility index (Phi) is 3.09. The smallest absolute Gasteiger partial charge is 0.276 e. The number of nitrogen functional groups attached to an aromatic ring is 1. The first-order valence-corrected chi connectivity index (χ1v) is 6.12. The molecule has 1 saturated carbocycles. The number of hydrogen-bond acceptors (Lipinski definition) is 3. The predicted octanol–water partition coefficient (Wildman–Crippen LogP) is 1.28. The molecule has 0 radical (unpaired) electrons. The van der Waals surface area contributed by atoms with Crippen LogP contribution in [0.3, 0.4) is 0 Å². The van der Waals surface area contributed by atoms with E-state index in [9.17, 15) is 4.79 Å². The van der Waals surface area contributed by atoms with Crippen molar-refractivity contribution in [2.45, 2.75) is 26.7 Å². The molecule has 2 atom stereocenters. The van der Waals surface area contributed by atoms with Crippen molar-refractivity contribution < 1.29 is 4.79 Å². The first kappa shape index (κ1) is 12.0. The minimum Gasteiger partial charge on any atom is -0.395 e. The van der Waals surface area contributed by atoms with Crippen LogP contribution >= 0.6 is 0 Å². The maximum atomic E-state index is 12.1. The summed E-state index contributed by atoms with van der Waals surface area (Å²) in [7, 11) is 1.81. The third kappa shape index (κ3) is 2.28.